The number of anilines is 1. The molecular formula is C18H21F2N5O4S. The lowest BCUT2D eigenvalue weighted by Gasteiger charge is -2.23. The van der Waals surface area contributed by atoms with Crippen LogP contribution in [-0.2, 0) is 11.3 Å². The summed E-state index contributed by atoms with van der Waals surface area (Å²) >= 11 is 0.780. The maximum atomic E-state index is 14.0. The number of morpholine rings is 1. The van der Waals surface area contributed by atoms with Crippen LogP contribution in [0.5, 0.6) is 5.88 Å². The van der Waals surface area contributed by atoms with Crippen LogP contribution in [0.15, 0.2) is 12.1 Å². The quantitative estimate of drug-likeness (QED) is 0.516. The van der Waals surface area contributed by atoms with E-state index in [9.17, 15) is 18.4 Å². The number of aryl methyl sites for hydroxylation is 1. The second-order valence-corrected chi connectivity index (χ2v) is 7.32. The van der Waals surface area contributed by atoms with Crippen LogP contribution in [0.3, 0.4) is 0 Å². The highest BCUT2D eigenvalue weighted by atomic mass is 32.1. The third kappa shape index (κ3) is 5.20. The van der Waals surface area contributed by atoms with E-state index in [1.807, 2.05) is 0 Å². The number of urea groups is 1. The number of carbonyl (C=O) groups excluding carboxylic acids is 2. The van der Waals surface area contributed by atoms with Crippen LogP contribution >= 0.6 is 11.5 Å². The van der Waals surface area contributed by atoms with Crippen molar-refractivity contribution < 1.29 is 27.8 Å². The number of carbonyl (C=O) groups is 2. The Morgan fingerprint density at radius 1 is 1.40 bits per heavy atom. The Kier molecular flexibility index (Phi) is 7.13. The number of nitrogens with one attached hydrogen (secondary N) is 3. The van der Waals surface area contributed by atoms with Crippen LogP contribution in [0.25, 0.3) is 0 Å². The van der Waals surface area contributed by atoms with Gasteiger partial charge in [0.2, 0.25) is 5.88 Å². The largest absolute Gasteiger partial charge is 0.471 e. The van der Waals surface area contributed by atoms with E-state index in [4.69, 9.17) is 15.2 Å². The number of aromatic nitrogens is 1. The number of ether oxygens (including phenoxy) is 2. The van der Waals surface area contributed by atoms with Crippen LogP contribution in [0.4, 0.5) is 18.6 Å². The molecule has 3 amide bonds. The fourth-order valence-corrected chi connectivity index (χ4v) is 3.46. The van der Waals surface area contributed by atoms with Crippen molar-refractivity contribution in [3.8, 4) is 5.88 Å². The van der Waals surface area contributed by atoms with E-state index in [2.05, 4.69) is 20.3 Å². The monoisotopic (exact) mass is 441 g/mol. The summed E-state index contributed by atoms with van der Waals surface area (Å²) in [6, 6.07) is 2.21. The molecule has 1 atom stereocenters. The number of amides is 3. The third-order valence-electron chi connectivity index (χ3n) is 4.35. The number of nitrogens with two attached hydrogens (primary N) is 1. The van der Waals surface area contributed by atoms with Crippen molar-refractivity contribution >= 4 is 28.5 Å². The summed E-state index contributed by atoms with van der Waals surface area (Å²) in [5.41, 5.74) is 5.34. The highest BCUT2D eigenvalue weighted by Gasteiger charge is 2.23. The summed E-state index contributed by atoms with van der Waals surface area (Å²) in [7, 11) is 0. The average Bonchev–Trinajstić information content (AvgIpc) is 3.13. The average molecular weight is 441 g/mol. The number of benzene rings is 1. The molecule has 1 fully saturated rings. The number of hydrogen-bond acceptors (Lipinski definition) is 7. The SMILES string of the molecule is Cc1ccc(COc2nsc(NC(=O)NCC3CNCCO3)c2C(N)=O)c(F)c1F. The molecule has 0 spiro atoms. The standard InChI is InChI=1S/C18H21F2N5O4S/c1-9-2-3-10(14(20)13(9)19)8-29-16-12(15(21)26)17(30-25-16)24-18(27)23-7-11-6-22-4-5-28-11/h2-3,11,22H,4-8H2,1H3,(H2,21,26)(H2,23,24,27). The molecule has 2 aromatic rings. The molecule has 0 bridgehead atoms. The zero-order chi connectivity index (χ0) is 21.7. The second kappa shape index (κ2) is 9.78. The molecule has 9 nitrogen and oxygen atoms in total. The highest BCUT2D eigenvalue weighted by Crippen LogP contribution is 2.31. The third-order valence-corrected chi connectivity index (χ3v) is 5.09. The Hall–Kier alpha value is -2.83. The van der Waals surface area contributed by atoms with Crippen molar-refractivity contribution in [2.45, 2.75) is 19.6 Å². The van der Waals surface area contributed by atoms with Crippen LogP contribution in [0.2, 0.25) is 0 Å². The van der Waals surface area contributed by atoms with Gasteiger partial charge in [-0.2, -0.15) is 4.37 Å². The van der Waals surface area contributed by atoms with Gasteiger partial charge in [-0.15, -0.1) is 0 Å². The van der Waals surface area contributed by atoms with E-state index in [1.165, 1.54) is 19.1 Å². The first-order valence-electron chi connectivity index (χ1n) is 9.09. The van der Waals surface area contributed by atoms with Crippen LogP contribution in [-0.4, -0.2) is 48.7 Å². The highest BCUT2D eigenvalue weighted by molar-refractivity contribution is 7.11. The first kappa shape index (κ1) is 21.9. The minimum Gasteiger partial charge on any atom is -0.471 e. The molecule has 0 aliphatic carbocycles. The van der Waals surface area contributed by atoms with Gasteiger partial charge >= 0.3 is 6.03 Å². The predicted octanol–water partition coefficient (Wildman–Crippen LogP) is 1.52. The van der Waals surface area contributed by atoms with E-state index in [-0.39, 0.29) is 46.8 Å². The summed E-state index contributed by atoms with van der Waals surface area (Å²) in [5, 5.41) is 8.34. The van der Waals surface area contributed by atoms with Gasteiger partial charge in [0, 0.05) is 25.2 Å². The number of nitrogens with zero attached hydrogens (tertiary/aromatic N) is 1. The van der Waals surface area contributed by atoms with E-state index in [1.54, 1.807) is 0 Å². The maximum Gasteiger partial charge on any atom is 0.320 e. The van der Waals surface area contributed by atoms with E-state index in [0.717, 1.165) is 18.1 Å². The van der Waals surface area contributed by atoms with Crippen molar-refractivity contribution in [1.29, 1.82) is 0 Å². The Labute approximate surface area is 175 Å². The van der Waals surface area contributed by atoms with Crippen LogP contribution in [0.1, 0.15) is 21.5 Å². The Morgan fingerprint density at radius 2 is 2.20 bits per heavy atom. The number of primary amides is 1. The van der Waals surface area contributed by atoms with Gasteiger partial charge < -0.3 is 25.8 Å². The van der Waals surface area contributed by atoms with Crippen molar-refractivity contribution in [2.24, 2.45) is 5.73 Å². The zero-order valence-corrected chi connectivity index (χ0v) is 16.9. The second-order valence-electron chi connectivity index (χ2n) is 6.55. The van der Waals surface area contributed by atoms with Gasteiger partial charge in [-0.25, -0.2) is 13.6 Å². The topological polar surface area (TPSA) is 128 Å². The molecule has 0 radical (unpaired) electrons. The molecule has 1 saturated heterocycles. The van der Waals surface area contributed by atoms with Crippen LogP contribution in [0, 0.1) is 18.6 Å². The molecular weight excluding hydrogens is 420 g/mol. The van der Waals surface area contributed by atoms with E-state index >= 15 is 0 Å². The molecule has 0 saturated carbocycles. The van der Waals surface area contributed by atoms with Gasteiger partial charge in [-0.1, -0.05) is 12.1 Å². The summed E-state index contributed by atoms with van der Waals surface area (Å²) in [6.45, 7) is 3.26. The summed E-state index contributed by atoms with van der Waals surface area (Å²) < 4.78 is 42.5. The molecule has 1 aromatic carbocycles. The van der Waals surface area contributed by atoms with Gasteiger partial charge in [0.15, 0.2) is 11.6 Å². The molecule has 1 aromatic heterocycles. The molecule has 162 valence electrons. The Bertz CT molecular complexity index is 934. The molecule has 3 rings (SSSR count). The fourth-order valence-electron chi connectivity index (χ4n) is 2.72. The number of halogens is 2. The molecule has 2 heterocycles. The first-order chi connectivity index (χ1) is 14.4. The molecule has 1 unspecified atom stereocenters. The van der Waals surface area contributed by atoms with Crippen molar-refractivity contribution in [3.05, 3.63) is 40.5 Å². The van der Waals surface area contributed by atoms with Gasteiger partial charge in [0.05, 0.1) is 12.7 Å². The minimum atomic E-state index is -1.04. The lowest BCUT2D eigenvalue weighted by atomic mass is 10.1. The Morgan fingerprint density at radius 3 is 2.90 bits per heavy atom. The summed E-state index contributed by atoms with van der Waals surface area (Å²) in [6.07, 6.45) is -0.162. The van der Waals surface area contributed by atoms with Crippen LogP contribution < -0.4 is 26.4 Å². The number of rotatable bonds is 7. The maximum absolute atomic E-state index is 14.0. The van der Waals surface area contributed by atoms with Crippen molar-refractivity contribution in [2.75, 3.05) is 31.6 Å². The summed E-state index contributed by atoms with van der Waals surface area (Å²) in [4.78, 5) is 24.0. The van der Waals surface area contributed by atoms with Crippen molar-refractivity contribution in [1.82, 2.24) is 15.0 Å². The summed E-state index contributed by atoms with van der Waals surface area (Å²) in [5.74, 6) is -3.07. The lowest BCUT2D eigenvalue weighted by molar-refractivity contribution is 0.0310. The van der Waals surface area contributed by atoms with Crippen molar-refractivity contribution in [3.63, 3.8) is 0 Å². The van der Waals surface area contributed by atoms with E-state index < -0.39 is 23.6 Å². The first-order valence-corrected chi connectivity index (χ1v) is 9.87. The fraction of sp³-hybridized carbons (Fsp3) is 0.389. The normalized spacial score (nSPS) is 16.2. The van der Waals surface area contributed by atoms with Gasteiger partial charge in [0.1, 0.15) is 17.2 Å². The zero-order valence-electron chi connectivity index (χ0n) is 16.1. The molecule has 30 heavy (non-hydrogen) atoms. The number of hydrogen-bond donors (Lipinski definition) is 4. The van der Waals surface area contributed by atoms with Gasteiger partial charge in [0.25, 0.3) is 5.91 Å². The Balaban J connectivity index is 1.64. The molecule has 5 N–H and O–H groups in total. The van der Waals surface area contributed by atoms with Gasteiger partial charge in [-0.3, -0.25) is 10.1 Å². The molecule has 1 aliphatic heterocycles. The predicted molar refractivity (Wildman–Crippen MR) is 106 cm³/mol. The molecule has 12 heteroatoms. The minimum absolute atomic E-state index is 0.0464. The van der Waals surface area contributed by atoms with Gasteiger partial charge in [-0.05, 0) is 24.0 Å². The molecule has 1 aliphatic rings. The lowest BCUT2D eigenvalue weighted by Crippen LogP contribution is -2.46. The smallest absolute Gasteiger partial charge is 0.320 e. The van der Waals surface area contributed by atoms with E-state index in [0.29, 0.717) is 13.2 Å².